The zero-order valence-corrected chi connectivity index (χ0v) is 14.3. The van der Waals surface area contributed by atoms with Crippen LogP contribution in [0.4, 0.5) is 0 Å². The lowest BCUT2D eigenvalue weighted by molar-refractivity contribution is 0.264. The molecule has 0 amide bonds. The summed E-state index contributed by atoms with van der Waals surface area (Å²) >= 11 is 5.03. The maximum absolute atomic E-state index is 9.20. The molecule has 0 aliphatic carbocycles. The van der Waals surface area contributed by atoms with Crippen molar-refractivity contribution in [2.45, 2.75) is 12.5 Å². The Labute approximate surface area is 141 Å². The molecule has 112 valence electrons. The van der Waals surface area contributed by atoms with Gasteiger partial charge in [-0.25, -0.2) is 4.98 Å². The molecule has 0 aliphatic heterocycles. The van der Waals surface area contributed by atoms with Gasteiger partial charge in [0, 0.05) is 34.1 Å². The highest BCUT2D eigenvalue weighted by atomic mass is 79.9. The molecule has 0 saturated carbocycles. The number of benzene rings is 1. The quantitative estimate of drug-likeness (QED) is 0.722. The van der Waals surface area contributed by atoms with Gasteiger partial charge in [-0.1, -0.05) is 28.1 Å². The third-order valence-corrected chi connectivity index (χ3v) is 4.45. The van der Waals surface area contributed by atoms with Crippen molar-refractivity contribution in [3.63, 3.8) is 0 Å². The van der Waals surface area contributed by atoms with Gasteiger partial charge >= 0.3 is 0 Å². The van der Waals surface area contributed by atoms with Crippen LogP contribution in [0.2, 0.25) is 0 Å². The average Bonchev–Trinajstić information content (AvgIpc) is 3.02. The first-order valence-electron chi connectivity index (χ1n) is 6.26. The van der Waals surface area contributed by atoms with E-state index in [1.54, 1.807) is 11.3 Å². The number of aromatic nitrogens is 2. The van der Waals surface area contributed by atoms with Crippen LogP contribution in [-0.4, -0.2) is 27.1 Å². The summed E-state index contributed by atoms with van der Waals surface area (Å²) in [5.41, 5.74) is 8.94. The lowest BCUT2D eigenvalue weighted by atomic mass is 10.1. The Morgan fingerprint density at radius 3 is 2.71 bits per heavy atom. The number of thiazole rings is 1. The lowest BCUT2D eigenvalue weighted by Gasteiger charge is -2.09. The predicted molar refractivity (Wildman–Crippen MR) is 92.2 cm³/mol. The Morgan fingerprint density at radius 1 is 1.33 bits per heavy atom. The van der Waals surface area contributed by atoms with Gasteiger partial charge in [-0.2, -0.15) is 0 Å². The van der Waals surface area contributed by atoms with Crippen LogP contribution in [0, 0.1) is 0 Å². The highest BCUT2D eigenvalue weighted by Gasteiger charge is 2.17. The number of hydrogen-bond donors (Lipinski definition) is 2. The van der Waals surface area contributed by atoms with E-state index in [9.17, 15) is 5.11 Å². The number of nitrogens with zero attached hydrogens (tertiary/aromatic N) is 2. The SMILES string of the molecule is Cl.NC(CO)Cc1c(-c2ccc(Br)cc2)nc2sccn12. The van der Waals surface area contributed by atoms with E-state index < -0.39 is 0 Å². The van der Waals surface area contributed by atoms with E-state index >= 15 is 0 Å². The minimum absolute atomic E-state index is 0. The topological polar surface area (TPSA) is 63.5 Å². The van der Waals surface area contributed by atoms with E-state index in [-0.39, 0.29) is 25.1 Å². The summed E-state index contributed by atoms with van der Waals surface area (Å²) in [6, 6.07) is 7.79. The first-order chi connectivity index (χ1) is 9.69. The fraction of sp³-hybridized carbons (Fsp3) is 0.214. The van der Waals surface area contributed by atoms with Crippen molar-refractivity contribution >= 4 is 44.6 Å². The number of aliphatic hydroxyl groups is 1. The van der Waals surface area contributed by atoms with Crippen molar-refractivity contribution in [1.29, 1.82) is 0 Å². The lowest BCUT2D eigenvalue weighted by Crippen LogP contribution is -2.27. The van der Waals surface area contributed by atoms with Crippen molar-refractivity contribution in [2.24, 2.45) is 5.73 Å². The fourth-order valence-electron chi connectivity index (χ4n) is 2.18. The zero-order valence-electron chi connectivity index (χ0n) is 11.1. The summed E-state index contributed by atoms with van der Waals surface area (Å²) in [5.74, 6) is 0. The summed E-state index contributed by atoms with van der Waals surface area (Å²) in [7, 11) is 0. The van der Waals surface area contributed by atoms with Crippen molar-refractivity contribution in [2.75, 3.05) is 6.61 Å². The van der Waals surface area contributed by atoms with E-state index in [1.807, 2.05) is 35.8 Å². The average molecular weight is 389 g/mol. The van der Waals surface area contributed by atoms with Crippen molar-refractivity contribution in [3.05, 3.63) is 46.0 Å². The third kappa shape index (κ3) is 3.30. The molecule has 2 aromatic heterocycles. The summed E-state index contributed by atoms with van der Waals surface area (Å²) in [5, 5.41) is 11.2. The van der Waals surface area contributed by atoms with E-state index in [1.165, 1.54) is 0 Å². The van der Waals surface area contributed by atoms with Crippen LogP contribution in [0.15, 0.2) is 40.3 Å². The maximum atomic E-state index is 9.20. The Morgan fingerprint density at radius 2 is 2.05 bits per heavy atom. The standard InChI is InChI=1S/C14H14BrN3OS.ClH/c15-10-3-1-9(2-4-10)13-12(7-11(16)8-19)18-5-6-20-14(18)17-13;/h1-6,11,19H,7-8,16H2;1H. The summed E-state index contributed by atoms with van der Waals surface area (Å²) in [4.78, 5) is 5.64. The van der Waals surface area contributed by atoms with Crippen molar-refractivity contribution < 1.29 is 5.11 Å². The molecule has 0 spiro atoms. The van der Waals surface area contributed by atoms with E-state index in [2.05, 4.69) is 25.3 Å². The Balaban J connectivity index is 0.00000161. The molecule has 0 fully saturated rings. The van der Waals surface area contributed by atoms with Crippen LogP contribution in [-0.2, 0) is 6.42 Å². The van der Waals surface area contributed by atoms with E-state index in [0.29, 0.717) is 6.42 Å². The number of halogens is 2. The Kier molecular flexibility index (Phi) is 5.40. The highest BCUT2D eigenvalue weighted by Crippen LogP contribution is 2.28. The second-order valence-electron chi connectivity index (χ2n) is 4.62. The summed E-state index contributed by atoms with van der Waals surface area (Å²) in [6.07, 6.45) is 2.59. The zero-order chi connectivity index (χ0) is 14.1. The molecule has 0 aliphatic rings. The third-order valence-electron chi connectivity index (χ3n) is 3.17. The predicted octanol–water partition coefficient (Wildman–Crippen LogP) is 3.11. The number of imidazole rings is 1. The van der Waals surface area contributed by atoms with Gasteiger partial charge in [0.05, 0.1) is 18.0 Å². The molecule has 1 aromatic carbocycles. The summed E-state index contributed by atoms with van der Waals surface area (Å²) in [6.45, 7) is -0.0306. The Bertz CT molecular complexity index is 725. The molecule has 1 atom stereocenters. The molecule has 2 heterocycles. The maximum Gasteiger partial charge on any atom is 0.194 e. The monoisotopic (exact) mass is 387 g/mol. The second kappa shape index (κ2) is 6.89. The second-order valence-corrected chi connectivity index (χ2v) is 6.41. The Hall–Kier alpha value is -0.920. The minimum atomic E-state index is -0.274. The van der Waals surface area contributed by atoms with Crippen LogP contribution < -0.4 is 5.73 Å². The van der Waals surface area contributed by atoms with Gasteiger partial charge in [0.15, 0.2) is 4.96 Å². The molecular formula is C14H15BrClN3OS. The number of fused-ring (bicyclic) bond motifs is 1. The first-order valence-corrected chi connectivity index (χ1v) is 7.93. The molecule has 3 aromatic rings. The molecule has 0 radical (unpaired) electrons. The molecular weight excluding hydrogens is 374 g/mol. The van der Waals surface area contributed by atoms with E-state index in [4.69, 9.17) is 5.73 Å². The first kappa shape index (κ1) is 16.5. The summed E-state index contributed by atoms with van der Waals surface area (Å²) < 4.78 is 3.09. The van der Waals surface area contributed by atoms with Gasteiger partial charge in [0.2, 0.25) is 0 Å². The highest BCUT2D eigenvalue weighted by molar-refractivity contribution is 9.10. The number of rotatable bonds is 4. The van der Waals surface area contributed by atoms with Gasteiger partial charge in [-0.05, 0) is 12.1 Å². The minimum Gasteiger partial charge on any atom is -0.395 e. The molecule has 0 saturated heterocycles. The largest absolute Gasteiger partial charge is 0.395 e. The molecule has 3 rings (SSSR count). The van der Waals surface area contributed by atoms with Gasteiger partial charge < -0.3 is 10.8 Å². The molecule has 21 heavy (non-hydrogen) atoms. The number of hydrogen-bond acceptors (Lipinski definition) is 4. The van der Waals surface area contributed by atoms with Crippen LogP contribution in [0.5, 0.6) is 0 Å². The molecule has 1 unspecified atom stereocenters. The van der Waals surface area contributed by atoms with Crippen LogP contribution >= 0.6 is 39.7 Å². The number of nitrogens with two attached hydrogens (primary N) is 1. The van der Waals surface area contributed by atoms with Gasteiger partial charge in [-0.15, -0.1) is 23.7 Å². The van der Waals surface area contributed by atoms with Gasteiger partial charge in [0.25, 0.3) is 0 Å². The van der Waals surface area contributed by atoms with Crippen molar-refractivity contribution in [3.8, 4) is 11.3 Å². The fourth-order valence-corrected chi connectivity index (χ4v) is 3.18. The normalized spacial score (nSPS) is 12.3. The molecule has 3 N–H and O–H groups in total. The number of aliphatic hydroxyl groups excluding tert-OH is 1. The van der Waals surface area contributed by atoms with E-state index in [0.717, 1.165) is 26.4 Å². The molecule has 7 heteroatoms. The molecule has 4 nitrogen and oxygen atoms in total. The van der Waals surface area contributed by atoms with Gasteiger partial charge in [0.1, 0.15) is 0 Å². The molecule has 0 bridgehead atoms. The van der Waals surface area contributed by atoms with Crippen molar-refractivity contribution in [1.82, 2.24) is 9.38 Å². The van der Waals surface area contributed by atoms with Crippen LogP contribution in [0.3, 0.4) is 0 Å². The van der Waals surface area contributed by atoms with Crippen LogP contribution in [0.1, 0.15) is 5.69 Å². The van der Waals surface area contributed by atoms with Gasteiger partial charge in [-0.3, -0.25) is 4.40 Å². The smallest absolute Gasteiger partial charge is 0.194 e. The van der Waals surface area contributed by atoms with Crippen LogP contribution in [0.25, 0.3) is 16.2 Å².